The molecule has 2 atom stereocenters. The van der Waals surface area contributed by atoms with Crippen LogP contribution in [0.3, 0.4) is 0 Å². The third-order valence-corrected chi connectivity index (χ3v) is 3.31. The van der Waals surface area contributed by atoms with E-state index in [1.807, 2.05) is 6.92 Å². The fourth-order valence-corrected chi connectivity index (χ4v) is 2.39. The van der Waals surface area contributed by atoms with Crippen molar-refractivity contribution in [1.29, 1.82) is 0 Å². The normalized spacial score (nSPS) is 17.9. The highest BCUT2D eigenvalue weighted by molar-refractivity contribution is 5.44. The van der Waals surface area contributed by atoms with Gasteiger partial charge in [-0.3, -0.25) is 0 Å². The summed E-state index contributed by atoms with van der Waals surface area (Å²) in [7, 11) is 1.80. The number of nitrogens with zero attached hydrogens (tertiary/aromatic N) is 4. The number of hydrogen-bond donors (Lipinski definition) is 3. The molecule has 1 aromatic heterocycles. The maximum Gasteiger partial charge on any atom is 0.231 e. The highest BCUT2D eigenvalue weighted by Crippen LogP contribution is 2.19. The van der Waals surface area contributed by atoms with Crippen LogP contribution in [0.15, 0.2) is 0 Å². The molecule has 1 fully saturated rings. The minimum absolute atomic E-state index is 0.105. The van der Waals surface area contributed by atoms with Gasteiger partial charge in [-0.1, -0.05) is 0 Å². The first-order valence-corrected chi connectivity index (χ1v) is 7.22. The molecule has 0 bridgehead atoms. The van der Waals surface area contributed by atoms with Gasteiger partial charge in [-0.15, -0.1) is 0 Å². The molecular weight excluding hydrogens is 256 g/mol. The molecule has 112 valence electrons. The summed E-state index contributed by atoms with van der Waals surface area (Å²) in [6, 6.07) is 0.105. The zero-order chi connectivity index (χ0) is 14.5. The number of aliphatic hydroxyl groups excluding tert-OH is 1. The molecule has 0 spiro atoms. The van der Waals surface area contributed by atoms with E-state index >= 15 is 0 Å². The number of hydrogen-bond acceptors (Lipinski definition) is 7. The van der Waals surface area contributed by atoms with E-state index < -0.39 is 0 Å². The average Bonchev–Trinajstić information content (AvgIpc) is 2.91. The topological polar surface area (TPSA) is 86.2 Å². The van der Waals surface area contributed by atoms with Crippen molar-refractivity contribution in [1.82, 2.24) is 15.0 Å². The molecule has 3 N–H and O–H groups in total. The number of aliphatic hydroxyl groups is 1. The molecule has 0 radical (unpaired) electrons. The Morgan fingerprint density at radius 2 is 1.80 bits per heavy atom. The summed E-state index contributed by atoms with van der Waals surface area (Å²) in [4.78, 5) is 15.4. The van der Waals surface area contributed by atoms with Crippen molar-refractivity contribution in [2.45, 2.75) is 45.3 Å². The van der Waals surface area contributed by atoms with Crippen molar-refractivity contribution in [3.63, 3.8) is 0 Å². The van der Waals surface area contributed by atoms with E-state index in [9.17, 15) is 5.11 Å². The Hall–Kier alpha value is -1.63. The van der Waals surface area contributed by atoms with Crippen molar-refractivity contribution in [2.75, 3.05) is 35.7 Å². The summed E-state index contributed by atoms with van der Waals surface area (Å²) in [5.41, 5.74) is 0. The van der Waals surface area contributed by atoms with E-state index in [0.29, 0.717) is 24.3 Å². The number of nitrogens with one attached hydrogen (secondary N) is 2. The molecule has 1 aliphatic heterocycles. The Labute approximate surface area is 119 Å². The van der Waals surface area contributed by atoms with Crippen molar-refractivity contribution >= 4 is 17.8 Å². The van der Waals surface area contributed by atoms with Crippen molar-refractivity contribution in [2.24, 2.45) is 0 Å². The average molecular weight is 280 g/mol. The largest absolute Gasteiger partial charge is 0.393 e. The Morgan fingerprint density at radius 3 is 2.40 bits per heavy atom. The van der Waals surface area contributed by atoms with Crippen molar-refractivity contribution < 1.29 is 5.11 Å². The van der Waals surface area contributed by atoms with Gasteiger partial charge in [0.15, 0.2) is 0 Å². The maximum absolute atomic E-state index is 9.42. The summed E-state index contributed by atoms with van der Waals surface area (Å²) in [5, 5.41) is 15.6. The summed E-state index contributed by atoms with van der Waals surface area (Å²) in [6.07, 6.45) is 2.67. The molecule has 2 heterocycles. The molecule has 1 aromatic rings. The first-order valence-electron chi connectivity index (χ1n) is 7.22. The van der Waals surface area contributed by atoms with E-state index in [2.05, 4.69) is 30.5 Å². The lowest BCUT2D eigenvalue weighted by atomic mass is 10.2. The second-order valence-corrected chi connectivity index (χ2v) is 5.36. The van der Waals surface area contributed by atoms with E-state index in [0.717, 1.165) is 13.1 Å². The molecule has 0 saturated carbocycles. The molecule has 1 aliphatic rings. The third kappa shape index (κ3) is 3.93. The number of aromatic nitrogens is 3. The highest BCUT2D eigenvalue weighted by atomic mass is 16.3. The SMILES string of the molecule is CNc1nc(NC(C)CC(C)O)nc(N2CCCC2)n1. The molecule has 2 unspecified atom stereocenters. The zero-order valence-electron chi connectivity index (χ0n) is 12.4. The molecule has 2 rings (SSSR count). The first kappa shape index (κ1) is 14.8. The van der Waals surface area contributed by atoms with Crippen LogP contribution in [-0.4, -0.2) is 52.3 Å². The van der Waals surface area contributed by atoms with E-state index in [1.54, 1.807) is 14.0 Å². The Kier molecular flexibility index (Phi) is 4.94. The van der Waals surface area contributed by atoms with Crippen LogP contribution in [0.2, 0.25) is 0 Å². The number of rotatable bonds is 6. The van der Waals surface area contributed by atoms with Gasteiger partial charge in [0.1, 0.15) is 0 Å². The first-order chi connectivity index (χ1) is 9.58. The van der Waals surface area contributed by atoms with Crippen LogP contribution in [0.5, 0.6) is 0 Å². The van der Waals surface area contributed by atoms with E-state index in [-0.39, 0.29) is 12.1 Å². The van der Waals surface area contributed by atoms with Crippen molar-refractivity contribution in [3.05, 3.63) is 0 Å². The van der Waals surface area contributed by atoms with Gasteiger partial charge in [0.25, 0.3) is 0 Å². The summed E-state index contributed by atoms with van der Waals surface area (Å²) in [6.45, 7) is 5.77. The standard InChI is InChI=1S/C13H24N6O/c1-9(8-10(2)20)15-12-16-11(14-3)17-13(18-12)19-6-4-5-7-19/h9-10,20H,4-8H2,1-3H3,(H2,14,15,16,17,18). The van der Waals surface area contributed by atoms with Crippen LogP contribution in [0, 0.1) is 0 Å². The van der Waals surface area contributed by atoms with Crippen LogP contribution >= 0.6 is 0 Å². The van der Waals surface area contributed by atoms with Gasteiger partial charge in [0.2, 0.25) is 17.8 Å². The van der Waals surface area contributed by atoms with E-state index in [1.165, 1.54) is 12.8 Å². The monoisotopic (exact) mass is 280 g/mol. The smallest absolute Gasteiger partial charge is 0.231 e. The second-order valence-electron chi connectivity index (χ2n) is 5.36. The van der Waals surface area contributed by atoms with E-state index in [4.69, 9.17) is 0 Å². The van der Waals surface area contributed by atoms with Gasteiger partial charge in [0, 0.05) is 26.2 Å². The Bertz CT molecular complexity index is 433. The minimum atomic E-state index is -0.346. The van der Waals surface area contributed by atoms with Gasteiger partial charge in [-0.2, -0.15) is 15.0 Å². The Morgan fingerprint density at radius 1 is 1.15 bits per heavy atom. The van der Waals surface area contributed by atoms with Gasteiger partial charge in [-0.25, -0.2) is 0 Å². The van der Waals surface area contributed by atoms with Crippen molar-refractivity contribution in [3.8, 4) is 0 Å². The quantitative estimate of drug-likeness (QED) is 0.719. The molecule has 7 heteroatoms. The zero-order valence-corrected chi connectivity index (χ0v) is 12.4. The molecule has 20 heavy (non-hydrogen) atoms. The molecule has 0 aliphatic carbocycles. The van der Waals surface area contributed by atoms with Crippen LogP contribution in [0.4, 0.5) is 17.8 Å². The lowest BCUT2D eigenvalue weighted by Gasteiger charge is -2.19. The van der Waals surface area contributed by atoms with Gasteiger partial charge >= 0.3 is 0 Å². The number of anilines is 3. The fourth-order valence-electron chi connectivity index (χ4n) is 2.39. The lowest BCUT2D eigenvalue weighted by molar-refractivity contribution is 0.179. The molecule has 0 amide bonds. The predicted octanol–water partition coefficient (Wildman–Crippen LogP) is 1.08. The molecule has 1 saturated heterocycles. The van der Waals surface area contributed by atoms with Crippen LogP contribution < -0.4 is 15.5 Å². The van der Waals surface area contributed by atoms with Gasteiger partial charge in [0.05, 0.1) is 6.10 Å². The fraction of sp³-hybridized carbons (Fsp3) is 0.769. The Balaban J connectivity index is 2.12. The van der Waals surface area contributed by atoms with Gasteiger partial charge < -0.3 is 20.6 Å². The highest BCUT2D eigenvalue weighted by Gasteiger charge is 2.18. The van der Waals surface area contributed by atoms with Gasteiger partial charge in [-0.05, 0) is 33.1 Å². The predicted molar refractivity (Wildman–Crippen MR) is 80.2 cm³/mol. The summed E-state index contributed by atoms with van der Waals surface area (Å²) < 4.78 is 0. The summed E-state index contributed by atoms with van der Waals surface area (Å²) in [5.74, 6) is 1.83. The molecular formula is C13H24N6O. The van der Waals surface area contributed by atoms with Crippen LogP contribution in [0.1, 0.15) is 33.1 Å². The minimum Gasteiger partial charge on any atom is -0.393 e. The van der Waals surface area contributed by atoms with Crippen LogP contribution in [0.25, 0.3) is 0 Å². The lowest BCUT2D eigenvalue weighted by Crippen LogP contribution is -2.25. The van der Waals surface area contributed by atoms with Crippen LogP contribution in [-0.2, 0) is 0 Å². The second kappa shape index (κ2) is 6.69. The molecule has 0 aromatic carbocycles. The molecule has 7 nitrogen and oxygen atoms in total. The third-order valence-electron chi connectivity index (χ3n) is 3.31. The summed E-state index contributed by atoms with van der Waals surface area (Å²) >= 11 is 0. The maximum atomic E-state index is 9.42.